The highest BCUT2D eigenvalue weighted by Crippen LogP contribution is 2.33. The van der Waals surface area contributed by atoms with E-state index < -0.39 is 5.60 Å². The van der Waals surface area contributed by atoms with Gasteiger partial charge in [0.2, 0.25) is 11.7 Å². The summed E-state index contributed by atoms with van der Waals surface area (Å²) < 4.78 is 11.1. The molecule has 0 radical (unpaired) electrons. The molecule has 5 heteroatoms. The Morgan fingerprint density at radius 2 is 2.22 bits per heavy atom. The molecule has 1 fully saturated rings. The van der Waals surface area contributed by atoms with Crippen LogP contribution in [0.1, 0.15) is 64.2 Å². The molecule has 2 heterocycles. The second-order valence-electron chi connectivity index (χ2n) is 5.40. The molecule has 0 saturated carbocycles. The van der Waals surface area contributed by atoms with Crippen molar-refractivity contribution in [2.45, 2.75) is 58.1 Å². The molecule has 1 aliphatic rings. The summed E-state index contributed by atoms with van der Waals surface area (Å²) >= 11 is 0. The van der Waals surface area contributed by atoms with Gasteiger partial charge < -0.3 is 15.0 Å². The molecule has 1 saturated heterocycles. The van der Waals surface area contributed by atoms with E-state index in [0.717, 1.165) is 32.3 Å². The quantitative estimate of drug-likeness (QED) is 0.892. The Hall–Kier alpha value is -0.940. The molecule has 0 bridgehead atoms. The van der Waals surface area contributed by atoms with E-state index in [-0.39, 0.29) is 6.04 Å². The lowest BCUT2D eigenvalue weighted by Crippen LogP contribution is -2.31. The smallest absolute Gasteiger partial charge is 0.243 e. The third-order valence-corrected chi connectivity index (χ3v) is 3.93. The zero-order valence-electron chi connectivity index (χ0n) is 11.5. The molecule has 0 aliphatic carbocycles. The lowest BCUT2D eigenvalue weighted by atomic mass is 9.95. The van der Waals surface area contributed by atoms with Gasteiger partial charge in [0.25, 0.3) is 0 Å². The van der Waals surface area contributed by atoms with Crippen molar-refractivity contribution < 1.29 is 9.26 Å². The molecule has 3 unspecified atom stereocenters. The molecular formula is C13H23N3O2. The Balaban J connectivity index is 2.14. The lowest BCUT2D eigenvalue weighted by Gasteiger charge is -2.30. The third-order valence-electron chi connectivity index (χ3n) is 3.93. The van der Waals surface area contributed by atoms with Crippen LogP contribution in [0.15, 0.2) is 4.52 Å². The van der Waals surface area contributed by atoms with Crippen LogP contribution in [0.25, 0.3) is 0 Å². The zero-order valence-corrected chi connectivity index (χ0v) is 11.5. The molecule has 0 spiro atoms. The molecule has 0 amide bonds. The summed E-state index contributed by atoms with van der Waals surface area (Å²) in [5, 5.41) is 4.06. The summed E-state index contributed by atoms with van der Waals surface area (Å²) in [7, 11) is 0. The van der Waals surface area contributed by atoms with Gasteiger partial charge >= 0.3 is 0 Å². The average molecular weight is 253 g/mol. The highest BCUT2D eigenvalue weighted by molar-refractivity contribution is 5.03. The van der Waals surface area contributed by atoms with Gasteiger partial charge in [0, 0.05) is 6.61 Å². The van der Waals surface area contributed by atoms with Crippen molar-refractivity contribution in [3.05, 3.63) is 11.7 Å². The van der Waals surface area contributed by atoms with Crippen LogP contribution in [0, 0.1) is 5.92 Å². The predicted octanol–water partition coefficient (Wildman–Crippen LogP) is 2.53. The maximum Gasteiger partial charge on any atom is 0.243 e. The standard InChI is InChI=1S/C13H23N3O2/c1-4-9(2)10(14)11-15-12(16-18-11)13(3)7-5-6-8-17-13/h9-10H,4-8,14H2,1-3H3. The molecule has 0 aromatic carbocycles. The molecule has 1 aromatic heterocycles. The monoisotopic (exact) mass is 253 g/mol. The molecule has 5 nitrogen and oxygen atoms in total. The van der Waals surface area contributed by atoms with E-state index in [2.05, 4.69) is 24.0 Å². The minimum absolute atomic E-state index is 0.191. The van der Waals surface area contributed by atoms with Crippen LogP contribution in [0.2, 0.25) is 0 Å². The fraction of sp³-hybridized carbons (Fsp3) is 0.846. The van der Waals surface area contributed by atoms with Crippen molar-refractivity contribution in [1.29, 1.82) is 0 Å². The summed E-state index contributed by atoms with van der Waals surface area (Å²) in [6.45, 7) is 6.98. The van der Waals surface area contributed by atoms with Gasteiger partial charge in [-0.05, 0) is 32.1 Å². The van der Waals surface area contributed by atoms with Crippen molar-refractivity contribution in [2.24, 2.45) is 11.7 Å². The van der Waals surface area contributed by atoms with Crippen LogP contribution >= 0.6 is 0 Å². The van der Waals surface area contributed by atoms with Crippen molar-refractivity contribution in [2.75, 3.05) is 6.61 Å². The van der Waals surface area contributed by atoms with E-state index in [4.69, 9.17) is 15.0 Å². The summed E-state index contributed by atoms with van der Waals surface area (Å²) in [5.41, 5.74) is 5.69. The van der Waals surface area contributed by atoms with Gasteiger partial charge in [-0.2, -0.15) is 4.98 Å². The third kappa shape index (κ3) is 2.57. The molecule has 2 rings (SSSR count). The fourth-order valence-corrected chi connectivity index (χ4v) is 2.19. The van der Waals surface area contributed by atoms with Gasteiger partial charge in [-0.1, -0.05) is 25.4 Å². The van der Waals surface area contributed by atoms with E-state index in [1.54, 1.807) is 0 Å². The van der Waals surface area contributed by atoms with E-state index in [1.807, 2.05) is 6.92 Å². The minimum atomic E-state index is -0.408. The van der Waals surface area contributed by atoms with Crippen LogP contribution in [0.3, 0.4) is 0 Å². The molecular weight excluding hydrogens is 230 g/mol. The Kier molecular flexibility index (Phi) is 4.02. The van der Waals surface area contributed by atoms with Crippen LogP contribution in [0.4, 0.5) is 0 Å². The van der Waals surface area contributed by atoms with Gasteiger partial charge in [-0.3, -0.25) is 0 Å². The van der Waals surface area contributed by atoms with Crippen molar-refractivity contribution in [3.63, 3.8) is 0 Å². The molecule has 3 atom stereocenters. The maximum absolute atomic E-state index is 6.10. The topological polar surface area (TPSA) is 74.2 Å². The first-order valence-electron chi connectivity index (χ1n) is 6.80. The van der Waals surface area contributed by atoms with Crippen molar-refractivity contribution in [1.82, 2.24) is 10.1 Å². The average Bonchev–Trinajstić information content (AvgIpc) is 2.88. The number of nitrogens with zero attached hydrogens (tertiary/aromatic N) is 2. The summed E-state index contributed by atoms with van der Waals surface area (Å²) in [6.07, 6.45) is 4.17. The highest BCUT2D eigenvalue weighted by Gasteiger charge is 2.35. The van der Waals surface area contributed by atoms with Gasteiger partial charge in [-0.25, -0.2) is 0 Å². The second kappa shape index (κ2) is 5.36. The van der Waals surface area contributed by atoms with Gasteiger partial charge in [0.1, 0.15) is 5.60 Å². The Bertz CT molecular complexity index is 385. The van der Waals surface area contributed by atoms with Crippen LogP contribution in [-0.4, -0.2) is 16.7 Å². The first kappa shape index (κ1) is 13.5. The molecule has 1 aliphatic heterocycles. The van der Waals surface area contributed by atoms with Gasteiger partial charge in [0.15, 0.2) is 0 Å². The summed E-state index contributed by atoms with van der Waals surface area (Å²) in [5.74, 6) is 1.49. The predicted molar refractivity (Wildman–Crippen MR) is 67.8 cm³/mol. The summed E-state index contributed by atoms with van der Waals surface area (Å²) in [6, 6.07) is -0.191. The number of ether oxygens (including phenoxy) is 1. The van der Waals surface area contributed by atoms with Crippen LogP contribution < -0.4 is 5.73 Å². The Morgan fingerprint density at radius 1 is 1.44 bits per heavy atom. The number of hydrogen-bond acceptors (Lipinski definition) is 5. The maximum atomic E-state index is 6.10. The number of aromatic nitrogens is 2. The van der Waals surface area contributed by atoms with E-state index >= 15 is 0 Å². The molecule has 18 heavy (non-hydrogen) atoms. The lowest BCUT2D eigenvalue weighted by molar-refractivity contribution is -0.0770. The van der Waals surface area contributed by atoms with Crippen LogP contribution in [0.5, 0.6) is 0 Å². The summed E-state index contributed by atoms with van der Waals surface area (Å²) in [4.78, 5) is 4.45. The number of hydrogen-bond donors (Lipinski definition) is 1. The van der Waals surface area contributed by atoms with E-state index in [1.165, 1.54) is 0 Å². The Labute approximate surface area is 108 Å². The van der Waals surface area contributed by atoms with E-state index in [9.17, 15) is 0 Å². The SMILES string of the molecule is CCC(C)C(N)c1nc(C2(C)CCCCO2)no1. The van der Waals surface area contributed by atoms with Crippen LogP contribution in [-0.2, 0) is 10.3 Å². The fourth-order valence-electron chi connectivity index (χ4n) is 2.19. The zero-order chi connectivity index (χ0) is 13.2. The van der Waals surface area contributed by atoms with Gasteiger partial charge in [-0.15, -0.1) is 0 Å². The highest BCUT2D eigenvalue weighted by atomic mass is 16.5. The van der Waals surface area contributed by atoms with E-state index in [0.29, 0.717) is 17.6 Å². The van der Waals surface area contributed by atoms with Gasteiger partial charge in [0.05, 0.1) is 6.04 Å². The largest absolute Gasteiger partial charge is 0.367 e. The first-order valence-corrected chi connectivity index (χ1v) is 6.80. The van der Waals surface area contributed by atoms with Crippen molar-refractivity contribution >= 4 is 0 Å². The Morgan fingerprint density at radius 3 is 2.83 bits per heavy atom. The first-order chi connectivity index (χ1) is 8.57. The normalized spacial score (nSPS) is 28.0. The minimum Gasteiger partial charge on any atom is -0.367 e. The van der Waals surface area contributed by atoms with Crippen molar-refractivity contribution in [3.8, 4) is 0 Å². The number of rotatable bonds is 4. The molecule has 1 aromatic rings. The molecule has 102 valence electrons. The molecule has 2 N–H and O–H groups in total. The second-order valence-corrected chi connectivity index (χ2v) is 5.40. The number of nitrogens with two attached hydrogens (primary N) is 1.